The summed E-state index contributed by atoms with van der Waals surface area (Å²) in [5.41, 5.74) is 17.6. The molecule has 250 valence electrons. The average Bonchev–Trinajstić information content (AvgIpc) is 3.86. The molecular formula is C52H31NS. The van der Waals surface area contributed by atoms with E-state index in [2.05, 4.69) is 181 Å². The third-order valence-electron chi connectivity index (χ3n) is 11.9. The number of pyridine rings is 1. The largest absolute Gasteiger partial charge is 0.256 e. The average molecular weight is 702 g/mol. The highest BCUT2D eigenvalue weighted by molar-refractivity contribution is 7.26. The van der Waals surface area contributed by atoms with E-state index in [0.29, 0.717) is 0 Å². The molecule has 0 fully saturated rings. The first kappa shape index (κ1) is 29.9. The van der Waals surface area contributed by atoms with E-state index in [1.54, 1.807) is 0 Å². The van der Waals surface area contributed by atoms with Crippen LogP contribution in [0.5, 0.6) is 0 Å². The van der Waals surface area contributed by atoms with Gasteiger partial charge in [0, 0.05) is 31.9 Å². The number of rotatable bonds is 3. The molecule has 0 N–H and O–H groups in total. The maximum Gasteiger partial charge on any atom is 0.0725 e. The van der Waals surface area contributed by atoms with Gasteiger partial charge in [-0.2, -0.15) is 0 Å². The molecule has 1 spiro atoms. The molecule has 2 heteroatoms. The van der Waals surface area contributed by atoms with E-state index in [1.807, 2.05) is 23.6 Å². The lowest BCUT2D eigenvalue weighted by Gasteiger charge is -2.30. The molecule has 54 heavy (non-hydrogen) atoms. The highest BCUT2D eigenvalue weighted by Gasteiger charge is 2.51. The van der Waals surface area contributed by atoms with Crippen molar-refractivity contribution in [3.05, 3.63) is 210 Å². The van der Waals surface area contributed by atoms with Gasteiger partial charge in [-0.3, -0.25) is 4.98 Å². The Hall–Kier alpha value is -6.61. The van der Waals surface area contributed by atoms with E-state index in [4.69, 9.17) is 0 Å². The Morgan fingerprint density at radius 2 is 1.04 bits per heavy atom. The molecule has 10 aromatic rings. The van der Waals surface area contributed by atoms with Crippen molar-refractivity contribution in [1.82, 2.24) is 4.98 Å². The zero-order chi connectivity index (χ0) is 35.4. The summed E-state index contributed by atoms with van der Waals surface area (Å²) in [6, 6.07) is 67.6. The lowest BCUT2D eigenvalue weighted by molar-refractivity contribution is 0.795. The Morgan fingerprint density at radius 3 is 1.76 bits per heavy atom. The lowest BCUT2D eigenvalue weighted by atomic mass is 9.70. The Balaban J connectivity index is 1.10. The van der Waals surface area contributed by atoms with Gasteiger partial charge < -0.3 is 0 Å². The Kier molecular flexibility index (Phi) is 6.20. The van der Waals surface area contributed by atoms with E-state index >= 15 is 0 Å². The number of fused-ring (bicyclic) bond motifs is 14. The summed E-state index contributed by atoms with van der Waals surface area (Å²) in [4.78, 5) is 4.66. The number of aromatic nitrogens is 1. The predicted octanol–water partition coefficient (Wildman–Crippen LogP) is 13.9. The van der Waals surface area contributed by atoms with Crippen molar-refractivity contribution in [2.75, 3.05) is 0 Å². The van der Waals surface area contributed by atoms with E-state index in [-0.39, 0.29) is 5.41 Å². The molecule has 0 unspecified atom stereocenters. The molecule has 0 radical (unpaired) electrons. The number of benzene rings is 8. The second kappa shape index (κ2) is 11.2. The Labute approximate surface area is 317 Å². The van der Waals surface area contributed by atoms with Crippen molar-refractivity contribution in [3.63, 3.8) is 0 Å². The first-order valence-electron chi connectivity index (χ1n) is 18.6. The zero-order valence-electron chi connectivity index (χ0n) is 29.3. The van der Waals surface area contributed by atoms with Gasteiger partial charge in [0.2, 0.25) is 0 Å². The smallest absolute Gasteiger partial charge is 0.0725 e. The fraction of sp³-hybridized carbons (Fsp3) is 0.0192. The minimum absolute atomic E-state index is 0.351. The van der Waals surface area contributed by atoms with E-state index in [9.17, 15) is 0 Å². The fourth-order valence-corrected chi connectivity index (χ4v) is 10.9. The summed E-state index contributed by atoms with van der Waals surface area (Å²) in [6.07, 6.45) is 1.87. The minimum Gasteiger partial charge on any atom is -0.256 e. The molecule has 1 nitrogen and oxygen atoms in total. The molecule has 0 saturated heterocycles. The van der Waals surface area contributed by atoms with Gasteiger partial charge in [-0.15, -0.1) is 11.3 Å². The lowest BCUT2D eigenvalue weighted by Crippen LogP contribution is -2.25. The molecule has 0 aliphatic heterocycles. The topological polar surface area (TPSA) is 12.9 Å². The SMILES string of the molecule is c1ccc(-c2cc(-c3cccc4c3sc3cc5c(cc34)C3(c4ccccc4-c4ccccc43)c3ccccc3-5)cc3ccc(-c4ccccn4)cc23)cc1. The normalized spacial score (nSPS) is 13.3. The van der Waals surface area contributed by atoms with Crippen LogP contribution in [-0.2, 0) is 5.41 Å². The quantitative estimate of drug-likeness (QED) is 0.179. The summed E-state index contributed by atoms with van der Waals surface area (Å²) >= 11 is 1.92. The van der Waals surface area contributed by atoms with Crippen LogP contribution in [0.1, 0.15) is 22.3 Å². The maximum absolute atomic E-state index is 4.66. The van der Waals surface area contributed by atoms with Crippen LogP contribution in [0.3, 0.4) is 0 Å². The molecule has 2 aliphatic carbocycles. The van der Waals surface area contributed by atoms with Crippen molar-refractivity contribution < 1.29 is 0 Å². The molecule has 2 heterocycles. The maximum atomic E-state index is 4.66. The van der Waals surface area contributed by atoms with Crippen LogP contribution in [0.15, 0.2) is 188 Å². The van der Waals surface area contributed by atoms with Crippen molar-refractivity contribution in [2.45, 2.75) is 5.41 Å². The number of hydrogen-bond donors (Lipinski definition) is 0. The number of thiophene rings is 1. The van der Waals surface area contributed by atoms with Crippen LogP contribution < -0.4 is 0 Å². The van der Waals surface area contributed by atoms with E-state index in [0.717, 1.165) is 11.3 Å². The molecule has 2 aromatic heterocycles. The van der Waals surface area contributed by atoms with Gasteiger partial charge in [0.1, 0.15) is 0 Å². The molecule has 0 saturated carbocycles. The van der Waals surface area contributed by atoms with Crippen LogP contribution >= 0.6 is 11.3 Å². The summed E-state index contributed by atoms with van der Waals surface area (Å²) in [7, 11) is 0. The van der Waals surface area contributed by atoms with Crippen LogP contribution in [0, 0.1) is 0 Å². The van der Waals surface area contributed by atoms with E-state index < -0.39 is 0 Å². The fourth-order valence-electron chi connectivity index (χ4n) is 9.67. The number of nitrogens with zero attached hydrogens (tertiary/aromatic N) is 1. The highest BCUT2D eigenvalue weighted by atomic mass is 32.1. The highest BCUT2D eigenvalue weighted by Crippen LogP contribution is 2.63. The third-order valence-corrected chi connectivity index (χ3v) is 13.1. The Morgan fingerprint density at radius 1 is 0.370 bits per heavy atom. The standard InChI is InChI=1S/C52H31NS/c1-2-13-32(14-3-1)41-29-35(27-33-24-25-34(28-42(33)41)49-23-10-11-26-53-49)36-18-12-19-40-44-30-48-43(31-50(44)54-51(36)40)39-17-6-9-22-47(39)52(48)45-20-7-4-15-37(45)38-16-5-8-21-46(38)52/h1-31H. The number of hydrogen-bond acceptors (Lipinski definition) is 2. The first-order chi connectivity index (χ1) is 26.8. The molecule has 0 amide bonds. The first-order valence-corrected chi connectivity index (χ1v) is 19.4. The Bertz CT molecular complexity index is 3110. The monoisotopic (exact) mass is 701 g/mol. The molecule has 12 rings (SSSR count). The third kappa shape index (κ3) is 4.01. The van der Waals surface area contributed by atoms with Gasteiger partial charge in [0.15, 0.2) is 0 Å². The van der Waals surface area contributed by atoms with Gasteiger partial charge in [-0.05, 0) is 120 Å². The van der Waals surface area contributed by atoms with Crippen LogP contribution in [-0.4, -0.2) is 4.98 Å². The second-order valence-corrected chi connectivity index (χ2v) is 15.7. The summed E-state index contributed by atoms with van der Waals surface area (Å²) in [6.45, 7) is 0. The minimum atomic E-state index is -0.351. The van der Waals surface area contributed by atoms with Gasteiger partial charge in [0.25, 0.3) is 0 Å². The van der Waals surface area contributed by atoms with Crippen LogP contribution in [0.2, 0.25) is 0 Å². The van der Waals surface area contributed by atoms with Crippen molar-refractivity contribution in [2.24, 2.45) is 0 Å². The zero-order valence-corrected chi connectivity index (χ0v) is 30.1. The summed E-state index contributed by atoms with van der Waals surface area (Å²) in [5.74, 6) is 0. The predicted molar refractivity (Wildman–Crippen MR) is 227 cm³/mol. The van der Waals surface area contributed by atoms with E-state index in [1.165, 1.54) is 97.7 Å². The van der Waals surface area contributed by atoms with Crippen LogP contribution in [0.25, 0.3) is 86.7 Å². The van der Waals surface area contributed by atoms with Gasteiger partial charge in [-0.25, -0.2) is 0 Å². The summed E-state index contributed by atoms with van der Waals surface area (Å²) in [5, 5.41) is 5.09. The van der Waals surface area contributed by atoms with Crippen LogP contribution in [0.4, 0.5) is 0 Å². The molecular weight excluding hydrogens is 671 g/mol. The van der Waals surface area contributed by atoms with Gasteiger partial charge >= 0.3 is 0 Å². The van der Waals surface area contributed by atoms with Crippen molar-refractivity contribution in [1.29, 1.82) is 0 Å². The second-order valence-electron chi connectivity index (χ2n) is 14.6. The van der Waals surface area contributed by atoms with Gasteiger partial charge in [0.05, 0.1) is 11.1 Å². The summed E-state index contributed by atoms with van der Waals surface area (Å²) < 4.78 is 2.65. The van der Waals surface area contributed by atoms with Gasteiger partial charge in [-0.1, -0.05) is 140 Å². The van der Waals surface area contributed by atoms with Crippen molar-refractivity contribution >= 4 is 42.3 Å². The molecule has 0 atom stereocenters. The molecule has 2 aliphatic rings. The molecule has 8 aromatic carbocycles. The van der Waals surface area contributed by atoms with Crippen molar-refractivity contribution in [3.8, 4) is 55.8 Å². The molecule has 0 bridgehead atoms.